The second-order valence-electron chi connectivity index (χ2n) is 4.01. The molecule has 0 unspecified atom stereocenters. The second kappa shape index (κ2) is 5.74. The molecule has 0 spiro atoms. The van der Waals surface area contributed by atoms with Crippen LogP contribution in [-0.4, -0.2) is 6.72 Å². The van der Waals surface area contributed by atoms with Crippen molar-refractivity contribution in [3.63, 3.8) is 0 Å². The monoisotopic (exact) mass is 179 g/mol. The highest BCUT2D eigenvalue weighted by Crippen LogP contribution is 2.17. The number of nitrogens with zero attached hydrogens (tertiary/aromatic N) is 1. The van der Waals surface area contributed by atoms with Gasteiger partial charge in [-0.15, -0.1) is 0 Å². The van der Waals surface area contributed by atoms with Crippen LogP contribution in [0.3, 0.4) is 0 Å². The molecular formula is C12H21N. The molecule has 0 aliphatic heterocycles. The van der Waals surface area contributed by atoms with Crippen molar-refractivity contribution in [3.05, 3.63) is 23.4 Å². The van der Waals surface area contributed by atoms with Gasteiger partial charge in [-0.3, -0.25) is 4.99 Å². The largest absolute Gasteiger partial charge is 0.272 e. The van der Waals surface area contributed by atoms with Crippen molar-refractivity contribution in [3.8, 4) is 0 Å². The lowest BCUT2D eigenvalue weighted by atomic mass is 9.97. The topological polar surface area (TPSA) is 12.4 Å². The Balaban J connectivity index is 4.70. The Kier molecular flexibility index (Phi) is 5.36. The summed E-state index contributed by atoms with van der Waals surface area (Å²) in [5.74, 6) is 1.12. The van der Waals surface area contributed by atoms with E-state index in [1.165, 1.54) is 11.1 Å². The fraction of sp³-hybridized carbons (Fsp3) is 0.583. The molecule has 1 nitrogen and oxygen atoms in total. The molecule has 0 N–H and O–H groups in total. The van der Waals surface area contributed by atoms with E-state index in [-0.39, 0.29) is 0 Å². The molecule has 0 aromatic rings. The number of hydrogen-bond acceptors (Lipinski definition) is 1. The van der Waals surface area contributed by atoms with Crippen molar-refractivity contribution >= 4 is 6.72 Å². The maximum Gasteiger partial charge on any atom is 0.0295 e. The zero-order chi connectivity index (χ0) is 10.4. The highest BCUT2D eigenvalue weighted by atomic mass is 14.6. The van der Waals surface area contributed by atoms with Crippen LogP contribution in [0, 0.1) is 11.8 Å². The lowest BCUT2D eigenvalue weighted by molar-refractivity contribution is 0.748. The first kappa shape index (κ1) is 12.2. The standard InChI is InChI=1S/C12H21N/c1-9(2)11(5)7-12(8-13-6)10(3)4/h7-10H,6H2,1-5H3/b11-7+,12-8+. The molecule has 13 heavy (non-hydrogen) atoms. The molecule has 0 aliphatic rings. The van der Waals surface area contributed by atoms with Crippen LogP contribution in [0.25, 0.3) is 0 Å². The van der Waals surface area contributed by atoms with E-state index in [4.69, 9.17) is 0 Å². The molecule has 0 saturated heterocycles. The molecule has 0 aliphatic carbocycles. The first-order valence-corrected chi connectivity index (χ1v) is 4.83. The van der Waals surface area contributed by atoms with E-state index in [0.717, 1.165) is 0 Å². The minimum Gasteiger partial charge on any atom is -0.272 e. The molecule has 0 bridgehead atoms. The van der Waals surface area contributed by atoms with E-state index in [2.05, 4.69) is 52.4 Å². The van der Waals surface area contributed by atoms with Gasteiger partial charge in [0.1, 0.15) is 0 Å². The van der Waals surface area contributed by atoms with Crippen LogP contribution in [0.2, 0.25) is 0 Å². The van der Waals surface area contributed by atoms with Gasteiger partial charge in [0.25, 0.3) is 0 Å². The first-order chi connectivity index (χ1) is 5.99. The fourth-order valence-electron chi connectivity index (χ4n) is 0.888. The average molecular weight is 179 g/mol. The van der Waals surface area contributed by atoms with Crippen LogP contribution in [0.5, 0.6) is 0 Å². The summed E-state index contributed by atoms with van der Waals surface area (Å²) >= 11 is 0. The molecule has 74 valence electrons. The summed E-state index contributed by atoms with van der Waals surface area (Å²) in [6, 6.07) is 0. The Hall–Kier alpha value is -0.850. The number of allylic oxidation sites excluding steroid dienone is 3. The zero-order valence-corrected chi connectivity index (χ0v) is 9.46. The predicted octanol–water partition coefficient (Wildman–Crippen LogP) is 3.83. The summed E-state index contributed by atoms with van der Waals surface area (Å²) in [7, 11) is 0. The molecule has 0 fully saturated rings. The van der Waals surface area contributed by atoms with Crippen molar-refractivity contribution in [2.24, 2.45) is 16.8 Å². The van der Waals surface area contributed by atoms with Crippen molar-refractivity contribution in [2.75, 3.05) is 0 Å². The van der Waals surface area contributed by atoms with Crippen LogP contribution in [0.1, 0.15) is 34.6 Å². The summed E-state index contributed by atoms with van der Waals surface area (Å²) in [6.45, 7) is 14.4. The summed E-state index contributed by atoms with van der Waals surface area (Å²) < 4.78 is 0. The van der Waals surface area contributed by atoms with E-state index >= 15 is 0 Å². The van der Waals surface area contributed by atoms with Crippen LogP contribution in [0.4, 0.5) is 0 Å². The summed E-state index contributed by atoms with van der Waals surface area (Å²) in [6.07, 6.45) is 4.06. The van der Waals surface area contributed by atoms with E-state index in [1.54, 1.807) is 0 Å². The van der Waals surface area contributed by atoms with Gasteiger partial charge in [0.2, 0.25) is 0 Å². The van der Waals surface area contributed by atoms with Gasteiger partial charge < -0.3 is 0 Å². The van der Waals surface area contributed by atoms with Gasteiger partial charge in [0.05, 0.1) is 0 Å². The molecular weight excluding hydrogens is 158 g/mol. The van der Waals surface area contributed by atoms with Crippen LogP contribution in [-0.2, 0) is 0 Å². The Morgan fingerprint density at radius 3 is 2.00 bits per heavy atom. The lowest BCUT2D eigenvalue weighted by Crippen LogP contribution is -1.95. The third-order valence-corrected chi connectivity index (χ3v) is 2.21. The number of aliphatic imine (C=N–C) groups is 1. The van der Waals surface area contributed by atoms with Gasteiger partial charge in [-0.25, -0.2) is 0 Å². The van der Waals surface area contributed by atoms with Crippen LogP contribution >= 0.6 is 0 Å². The smallest absolute Gasteiger partial charge is 0.0295 e. The third-order valence-electron chi connectivity index (χ3n) is 2.21. The Morgan fingerprint density at radius 2 is 1.69 bits per heavy atom. The minimum atomic E-state index is 0.513. The quantitative estimate of drug-likeness (QED) is 0.459. The maximum atomic E-state index is 3.81. The third kappa shape index (κ3) is 4.66. The SMILES string of the molecule is C=N/C=C(\C=C(/C)C(C)C)C(C)C. The van der Waals surface area contributed by atoms with Crippen LogP contribution < -0.4 is 0 Å². The molecule has 0 heterocycles. The summed E-state index contributed by atoms with van der Waals surface area (Å²) in [5.41, 5.74) is 2.64. The molecule has 0 rings (SSSR count). The van der Waals surface area contributed by atoms with Crippen LogP contribution in [0.15, 0.2) is 28.4 Å². The Morgan fingerprint density at radius 1 is 1.15 bits per heavy atom. The molecule has 0 aromatic carbocycles. The zero-order valence-electron chi connectivity index (χ0n) is 9.46. The minimum absolute atomic E-state index is 0.513. The molecule has 0 amide bonds. The molecule has 0 saturated carbocycles. The van der Waals surface area contributed by atoms with Gasteiger partial charge in [0.15, 0.2) is 0 Å². The summed E-state index contributed by atoms with van der Waals surface area (Å²) in [4.78, 5) is 3.81. The van der Waals surface area contributed by atoms with Gasteiger partial charge in [-0.05, 0) is 31.1 Å². The van der Waals surface area contributed by atoms with E-state index in [0.29, 0.717) is 11.8 Å². The normalized spacial score (nSPS) is 14.1. The second-order valence-corrected chi connectivity index (χ2v) is 4.01. The molecule has 0 atom stereocenters. The van der Waals surface area contributed by atoms with Gasteiger partial charge in [0, 0.05) is 6.20 Å². The van der Waals surface area contributed by atoms with Crippen molar-refractivity contribution in [1.29, 1.82) is 0 Å². The van der Waals surface area contributed by atoms with Gasteiger partial charge >= 0.3 is 0 Å². The average Bonchev–Trinajstić information content (AvgIpc) is 2.03. The fourth-order valence-corrected chi connectivity index (χ4v) is 0.888. The number of rotatable bonds is 4. The van der Waals surface area contributed by atoms with E-state index < -0.39 is 0 Å². The molecule has 0 aromatic heterocycles. The number of hydrogen-bond donors (Lipinski definition) is 0. The lowest BCUT2D eigenvalue weighted by Gasteiger charge is -2.09. The van der Waals surface area contributed by atoms with Gasteiger partial charge in [-0.1, -0.05) is 39.3 Å². The molecule has 1 heteroatoms. The maximum absolute atomic E-state index is 3.81. The van der Waals surface area contributed by atoms with Crippen molar-refractivity contribution < 1.29 is 0 Å². The van der Waals surface area contributed by atoms with Crippen molar-refractivity contribution in [2.45, 2.75) is 34.6 Å². The Labute approximate surface area is 82.3 Å². The van der Waals surface area contributed by atoms with E-state index in [9.17, 15) is 0 Å². The first-order valence-electron chi connectivity index (χ1n) is 4.83. The summed E-state index contributed by atoms with van der Waals surface area (Å²) in [5, 5.41) is 0. The Bertz CT molecular complexity index is 219. The predicted molar refractivity (Wildman–Crippen MR) is 61.1 cm³/mol. The van der Waals surface area contributed by atoms with Crippen molar-refractivity contribution in [1.82, 2.24) is 0 Å². The van der Waals surface area contributed by atoms with Gasteiger partial charge in [-0.2, -0.15) is 0 Å². The highest BCUT2D eigenvalue weighted by Gasteiger charge is 2.02. The van der Waals surface area contributed by atoms with E-state index in [1.807, 2.05) is 6.20 Å². The highest BCUT2D eigenvalue weighted by molar-refractivity contribution is 5.31. The molecule has 0 radical (unpaired) electrons.